The third kappa shape index (κ3) is 4.86. The molecule has 2 aromatic rings. The number of nitrogens with zero attached hydrogens (tertiary/aromatic N) is 1. The fourth-order valence-corrected chi connectivity index (χ4v) is 1.99. The minimum absolute atomic E-state index is 0.129. The molecule has 5 nitrogen and oxygen atoms in total. The Hall–Kier alpha value is -2.40. The van der Waals surface area contributed by atoms with E-state index in [2.05, 4.69) is 10.3 Å². The second kappa shape index (κ2) is 8.14. The highest BCUT2D eigenvalue weighted by Gasteiger charge is 2.15. The number of hydrogen-bond donors (Lipinski definition) is 1. The van der Waals surface area contributed by atoms with Gasteiger partial charge in [0.05, 0.1) is 6.04 Å². The first-order chi connectivity index (χ1) is 10.7. The molecule has 0 fully saturated rings. The molecule has 0 aliphatic heterocycles. The Labute approximate surface area is 133 Å². The van der Waals surface area contributed by atoms with Gasteiger partial charge >= 0.3 is 6.09 Å². The number of rotatable bonds is 6. The predicted molar refractivity (Wildman–Crippen MR) is 82.4 cm³/mol. The van der Waals surface area contributed by atoms with E-state index in [4.69, 9.17) is 16.3 Å². The molecule has 1 unspecified atom stereocenters. The summed E-state index contributed by atoms with van der Waals surface area (Å²) in [7, 11) is 0. The molecule has 1 N–H and O–H groups in total. The number of aromatic nitrogens is 1. The molecule has 1 aromatic carbocycles. The molecule has 1 atom stereocenters. The number of pyridine rings is 1. The molecule has 0 saturated carbocycles. The number of amides is 1. The molecule has 22 heavy (non-hydrogen) atoms. The van der Waals surface area contributed by atoms with Crippen molar-refractivity contribution < 1.29 is 14.3 Å². The van der Waals surface area contributed by atoms with Gasteiger partial charge in [0.25, 0.3) is 0 Å². The van der Waals surface area contributed by atoms with Gasteiger partial charge in [-0.15, -0.1) is 0 Å². The Morgan fingerprint density at radius 1 is 1.27 bits per heavy atom. The summed E-state index contributed by atoms with van der Waals surface area (Å²) in [6.45, 7) is 0.166. The summed E-state index contributed by atoms with van der Waals surface area (Å²) < 4.78 is 5.14. The summed E-state index contributed by atoms with van der Waals surface area (Å²) in [5, 5.41) is 3.00. The van der Waals surface area contributed by atoms with Crippen molar-refractivity contribution in [2.45, 2.75) is 19.1 Å². The van der Waals surface area contributed by atoms with Crippen molar-refractivity contribution in [3.8, 4) is 0 Å². The van der Waals surface area contributed by atoms with Crippen LogP contribution < -0.4 is 5.32 Å². The first-order valence-electron chi connectivity index (χ1n) is 6.71. The normalized spacial score (nSPS) is 11.5. The second-order valence-corrected chi connectivity index (χ2v) is 4.96. The fourth-order valence-electron chi connectivity index (χ4n) is 1.87. The van der Waals surface area contributed by atoms with Crippen molar-refractivity contribution >= 4 is 24.0 Å². The van der Waals surface area contributed by atoms with Gasteiger partial charge in [-0.05, 0) is 17.2 Å². The first kappa shape index (κ1) is 16.0. The smallest absolute Gasteiger partial charge is 0.407 e. The Bertz CT molecular complexity index is 617. The predicted octanol–water partition coefficient (Wildman–Crippen LogP) is 3.29. The first-order valence-corrected chi connectivity index (χ1v) is 7.09. The quantitative estimate of drug-likeness (QED) is 0.655. The highest BCUT2D eigenvalue weighted by atomic mass is 35.5. The highest BCUT2D eigenvalue weighted by molar-refractivity contribution is 6.29. The van der Waals surface area contributed by atoms with Gasteiger partial charge in [-0.1, -0.05) is 48.0 Å². The average molecular weight is 319 g/mol. The topological polar surface area (TPSA) is 68.3 Å². The molecule has 1 aromatic heterocycles. The lowest BCUT2D eigenvalue weighted by molar-refractivity contribution is -0.108. The number of carbonyl (C=O) groups excluding carboxylic acids is 2. The van der Waals surface area contributed by atoms with Gasteiger partial charge in [0.2, 0.25) is 0 Å². The molecular weight excluding hydrogens is 304 g/mol. The average Bonchev–Trinajstić information content (AvgIpc) is 2.54. The van der Waals surface area contributed by atoms with E-state index in [0.717, 1.165) is 11.8 Å². The van der Waals surface area contributed by atoms with Crippen LogP contribution in [0.25, 0.3) is 0 Å². The lowest BCUT2D eigenvalue weighted by Crippen LogP contribution is -2.29. The number of alkyl carbamates (subject to hydrolysis) is 1. The maximum Gasteiger partial charge on any atom is 0.407 e. The summed E-state index contributed by atoms with van der Waals surface area (Å²) in [5.74, 6) is 0. The van der Waals surface area contributed by atoms with Gasteiger partial charge < -0.3 is 14.8 Å². The Balaban J connectivity index is 1.94. The van der Waals surface area contributed by atoms with Crippen molar-refractivity contribution in [2.24, 2.45) is 0 Å². The van der Waals surface area contributed by atoms with Crippen LogP contribution in [0, 0.1) is 0 Å². The molecule has 0 radical (unpaired) electrons. The van der Waals surface area contributed by atoms with Crippen LogP contribution in [0.2, 0.25) is 5.15 Å². The minimum atomic E-state index is -0.592. The zero-order chi connectivity index (χ0) is 15.8. The van der Waals surface area contributed by atoms with Gasteiger partial charge in [-0.2, -0.15) is 0 Å². The number of aldehydes is 1. The molecule has 2 rings (SSSR count). The minimum Gasteiger partial charge on any atom is -0.445 e. The molecule has 114 valence electrons. The molecule has 0 aliphatic carbocycles. The van der Waals surface area contributed by atoms with Crippen LogP contribution >= 0.6 is 11.6 Å². The van der Waals surface area contributed by atoms with Crippen LogP contribution in [0.5, 0.6) is 0 Å². The van der Waals surface area contributed by atoms with E-state index in [1.54, 1.807) is 12.1 Å². The Kier molecular flexibility index (Phi) is 5.91. The van der Waals surface area contributed by atoms with E-state index in [1.807, 2.05) is 30.3 Å². The summed E-state index contributed by atoms with van der Waals surface area (Å²) in [5.41, 5.74) is 1.57. The van der Waals surface area contributed by atoms with E-state index < -0.39 is 12.1 Å². The van der Waals surface area contributed by atoms with E-state index in [-0.39, 0.29) is 13.0 Å². The number of halogens is 1. The van der Waals surface area contributed by atoms with Crippen LogP contribution in [-0.2, 0) is 16.1 Å². The third-order valence-corrected chi connectivity index (χ3v) is 3.21. The standard InChI is InChI=1S/C16H15ClN2O3/c17-15-7-6-13(10-18-15)14(8-9-20)19-16(21)22-11-12-4-2-1-3-5-12/h1-7,9-10,14H,8,11H2,(H,19,21). The lowest BCUT2D eigenvalue weighted by Gasteiger charge is -2.16. The summed E-state index contributed by atoms with van der Waals surface area (Å²) in [6, 6.07) is 12.2. The summed E-state index contributed by atoms with van der Waals surface area (Å²) >= 11 is 5.72. The second-order valence-electron chi connectivity index (χ2n) is 4.58. The molecule has 1 amide bonds. The highest BCUT2D eigenvalue weighted by Crippen LogP contribution is 2.17. The maximum absolute atomic E-state index is 11.8. The van der Waals surface area contributed by atoms with Crippen molar-refractivity contribution in [3.63, 3.8) is 0 Å². The van der Waals surface area contributed by atoms with Crippen LogP contribution in [0.4, 0.5) is 4.79 Å². The van der Waals surface area contributed by atoms with E-state index in [0.29, 0.717) is 10.7 Å². The zero-order valence-electron chi connectivity index (χ0n) is 11.7. The lowest BCUT2D eigenvalue weighted by atomic mass is 10.1. The van der Waals surface area contributed by atoms with E-state index in [9.17, 15) is 9.59 Å². The van der Waals surface area contributed by atoms with E-state index >= 15 is 0 Å². The monoisotopic (exact) mass is 318 g/mol. The Morgan fingerprint density at radius 2 is 2.05 bits per heavy atom. The van der Waals surface area contributed by atoms with Crippen LogP contribution in [0.15, 0.2) is 48.7 Å². The van der Waals surface area contributed by atoms with Crippen LogP contribution in [0.1, 0.15) is 23.6 Å². The molecule has 0 aliphatic rings. The van der Waals surface area contributed by atoms with Gasteiger partial charge in [-0.25, -0.2) is 9.78 Å². The van der Waals surface area contributed by atoms with Crippen molar-refractivity contribution in [1.82, 2.24) is 10.3 Å². The number of hydrogen-bond acceptors (Lipinski definition) is 4. The van der Waals surface area contributed by atoms with Crippen molar-refractivity contribution in [3.05, 3.63) is 64.9 Å². The largest absolute Gasteiger partial charge is 0.445 e. The molecule has 6 heteroatoms. The zero-order valence-corrected chi connectivity index (χ0v) is 12.5. The summed E-state index contributed by atoms with van der Waals surface area (Å²) in [6.07, 6.45) is 1.79. The molecular formula is C16H15ClN2O3. The number of carbonyl (C=O) groups is 2. The van der Waals surface area contributed by atoms with Crippen LogP contribution in [-0.4, -0.2) is 17.4 Å². The SMILES string of the molecule is O=CCC(NC(=O)OCc1ccccc1)c1ccc(Cl)nc1. The number of nitrogens with one attached hydrogen (secondary N) is 1. The van der Waals surface area contributed by atoms with Gasteiger partial charge in [-0.3, -0.25) is 0 Å². The molecule has 1 heterocycles. The third-order valence-electron chi connectivity index (χ3n) is 2.99. The van der Waals surface area contributed by atoms with Gasteiger partial charge in [0, 0.05) is 12.6 Å². The van der Waals surface area contributed by atoms with Gasteiger partial charge in [0.1, 0.15) is 18.0 Å². The van der Waals surface area contributed by atoms with Crippen LogP contribution in [0.3, 0.4) is 0 Å². The number of ether oxygens (including phenoxy) is 1. The Morgan fingerprint density at radius 3 is 2.68 bits per heavy atom. The molecule has 0 saturated heterocycles. The van der Waals surface area contributed by atoms with Crippen molar-refractivity contribution in [2.75, 3.05) is 0 Å². The van der Waals surface area contributed by atoms with Gasteiger partial charge in [0.15, 0.2) is 0 Å². The fraction of sp³-hybridized carbons (Fsp3) is 0.188. The van der Waals surface area contributed by atoms with E-state index in [1.165, 1.54) is 6.20 Å². The van der Waals surface area contributed by atoms with Crippen molar-refractivity contribution in [1.29, 1.82) is 0 Å². The maximum atomic E-state index is 11.8. The summed E-state index contributed by atoms with van der Waals surface area (Å²) in [4.78, 5) is 26.6. The molecule has 0 spiro atoms. The molecule has 0 bridgehead atoms. The number of benzene rings is 1.